The van der Waals surface area contributed by atoms with Gasteiger partial charge in [0, 0.05) is 48.8 Å². The van der Waals surface area contributed by atoms with Gasteiger partial charge < -0.3 is 9.80 Å². The Morgan fingerprint density at radius 1 is 1.18 bits per heavy atom. The van der Waals surface area contributed by atoms with Crippen molar-refractivity contribution in [2.45, 2.75) is 25.3 Å². The molecule has 146 valence electrons. The molecule has 0 aliphatic carbocycles. The SMILES string of the molecule is CCc1cc2c(SCC(=O)N3CCN(c4ncccn4)CC3)nc(C)nc2s1. The van der Waals surface area contributed by atoms with Gasteiger partial charge in [-0.1, -0.05) is 18.7 Å². The van der Waals surface area contributed by atoms with Crippen LogP contribution in [0.5, 0.6) is 0 Å². The number of thioether (sulfide) groups is 1. The summed E-state index contributed by atoms with van der Waals surface area (Å²) in [5, 5.41) is 1.97. The van der Waals surface area contributed by atoms with Crippen molar-refractivity contribution in [1.82, 2.24) is 24.8 Å². The lowest BCUT2D eigenvalue weighted by Crippen LogP contribution is -2.49. The number of piperazine rings is 1. The third-order valence-corrected chi connectivity index (χ3v) is 6.82. The van der Waals surface area contributed by atoms with Crippen molar-refractivity contribution < 1.29 is 4.79 Å². The number of anilines is 1. The van der Waals surface area contributed by atoms with E-state index in [2.05, 4.69) is 37.8 Å². The summed E-state index contributed by atoms with van der Waals surface area (Å²) in [6.45, 7) is 6.93. The molecule has 0 radical (unpaired) electrons. The Labute approximate surface area is 172 Å². The van der Waals surface area contributed by atoms with Gasteiger partial charge in [0.1, 0.15) is 15.7 Å². The highest BCUT2D eigenvalue weighted by Gasteiger charge is 2.23. The van der Waals surface area contributed by atoms with Gasteiger partial charge in [0.05, 0.1) is 5.75 Å². The quantitative estimate of drug-likeness (QED) is 0.469. The molecule has 0 spiro atoms. The second-order valence-electron chi connectivity index (χ2n) is 6.57. The first kappa shape index (κ1) is 19.1. The highest BCUT2D eigenvalue weighted by atomic mass is 32.2. The van der Waals surface area contributed by atoms with Crippen LogP contribution in [0.4, 0.5) is 5.95 Å². The standard InChI is InChI=1S/C19H22N6OS2/c1-3-14-11-15-17(22-13(2)23-18(15)28-14)27-12-16(26)24-7-9-25(10-8-24)19-20-5-4-6-21-19/h4-6,11H,3,7-10,12H2,1-2H3. The van der Waals surface area contributed by atoms with E-state index in [1.807, 2.05) is 17.9 Å². The van der Waals surface area contributed by atoms with E-state index >= 15 is 0 Å². The summed E-state index contributed by atoms with van der Waals surface area (Å²) >= 11 is 3.22. The number of hydrogen-bond donors (Lipinski definition) is 0. The average Bonchev–Trinajstić information content (AvgIpc) is 3.15. The van der Waals surface area contributed by atoms with Gasteiger partial charge in [-0.3, -0.25) is 4.79 Å². The van der Waals surface area contributed by atoms with E-state index in [0.717, 1.165) is 46.5 Å². The van der Waals surface area contributed by atoms with E-state index in [1.54, 1.807) is 23.7 Å². The van der Waals surface area contributed by atoms with Crippen LogP contribution in [0.2, 0.25) is 0 Å². The fourth-order valence-corrected chi connectivity index (χ4v) is 5.19. The van der Waals surface area contributed by atoms with E-state index in [4.69, 9.17) is 0 Å². The van der Waals surface area contributed by atoms with Gasteiger partial charge in [0.2, 0.25) is 11.9 Å². The van der Waals surface area contributed by atoms with Crippen LogP contribution in [-0.4, -0.2) is 62.7 Å². The zero-order chi connectivity index (χ0) is 19.5. The first-order chi connectivity index (χ1) is 13.6. The molecule has 0 unspecified atom stereocenters. The van der Waals surface area contributed by atoms with Gasteiger partial charge >= 0.3 is 0 Å². The summed E-state index contributed by atoms with van der Waals surface area (Å²) in [7, 11) is 0. The number of thiophene rings is 1. The molecule has 0 aromatic carbocycles. The summed E-state index contributed by atoms with van der Waals surface area (Å²) in [6, 6.07) is 3.97. The molecule has 9 heteroatoms. The lowest BCUT2D eigenvalue weighted by molar-refractivity contribution is -0.128. The molecule has 1 fully saturated rings. The van der Waals surface area contributed by atoms with E-state index < -0.39 is 0 Å². The number of fused-ring (bicyclic) bond motifs is 1. The van der Waals surface area contributed by atoms with Crippen molar-refractivity contribution in [2.24, 2.45) is 0 Å². The van der Waals surface area contributed by atoms with Crippen LogP contribution >= 0.6 is 23.1 Å². The molecular weight excluding hydrogens is 392 g/mol. The van der Waals surface area contributed by atoms with Crippen LogP contribution in [0.3, 0.4) is 0 Å². The highest BCUT2D eigenvalue weighted by molar-refractivity contribution is 8.00. The fourth-order valence-electron chi connectivity index (χ4n) is 3.16. The van der Waals surface area contributed by atoms with E-state index in [-0.39, 0.29) is 5.91 Å². The molecule has 3 aromatic heterocycles. The summed E-state index contributed by atoms with van der Waals surface area (Å²) in [6.07, 6.45) is 4.48. The van der Waals surface area contributed by atoms with Crippen molar-refractivity contribution >= 4 is 45.2 Å². The summed E-state index contributed by atoms with van der Waals surface area (Å²) in [5.74, 6) is 2.02. The molecule has 1 aliphatic heterocycles. The first-order valence-electron chi connectivity index (χ1n) is 9.33. The second-order valence-corrected chi connectivity index (χ2v) is 8.65. The zero-order valence-corrected chi connectivity index (χ0v) is 17.6. The maximum atomic E-state index is 12.7. The maximum absolute atomic E-state index is 12.7. The Bertz CT molecular complexity index is 969. The second kappa shape index (κ2) is 8.40. The Hall–Kier alpha value is -2.26. The molecule has 4 heterocycles. The lowest BCUT2D eigenvalue weighted by atomic mass is 10.3. The van der Waals surface area contributed by atoms with Crippen molar-refractivity contribution in [3.8, 4) is 0 Å². The molecule has 4 rings (SSSR count). The Kier molecular flexibility index (Phi) is 5.72. The largest absolute Gasteiger partial charge is 0.338 e. The Morgan fingerprint density at radius 2 is 1.93 bits per heavy atom. The normalized spacial score (nSPS) is 14.6. The number of nitrogens with zero attached hydrogens (tertiary/aromatic N) is 6. The summed E-state index contributed by atoms with van der Waals surface area (Å²) < 4.78 is 0. The molecule has 1 amide bonds. The third kappa shape index (κ3) is 4.10. The van der Waals surface area contributed by atoms with Crippen molar-refractivity contribution in [1.29, 1.82) is 0 Å². The van der Waals surface area contributed by atoms with Gasteiger partial charge in [-0.2, -0.15) is 0 Å². The minimum atomic E-state index is 0.147. The number of carbonyl (C=O) groups excluding carboxylic acids is 1. The molecule has 1 aliphatic rings. The highest BCUT2D eigenvalue weighted by Crippen LogP contribution is 2.32. The molecule has 0 bridgehead atoms. The molecule has 0 N–H and O–H groups in total. The maximum Gasteiger partial charge on any atom is 0.233 e. The monoisotopic (exact) mass is 414 g/mol. The summed E-state index contributed by atoms with van der Waals surface area (Å²) in [5.41, 5.74) is 0. The van der Waals surface area contributed by atoms with Gasteiger partial charge in [0.25, 0.3) is 0 Å². The third-order valence-electron chi connectivity index (χ3n) is 4.67. The Morgan fingerprint density at radius 3 is 2.64 bits per heavy atom. The van der Waals surface area contributed by atoms with Gasteiger partial charge in [-0.25, -0.2) is 19.9 Å². The van der Waals surface area contributed by atoms with Crippen LogP contribution in [0.15, 0.2) is 29.6 Å². The molecule has 0 atom stereocenters. The average molecular weight is 415 g/mol. The number of carbonyl (C=O) groups is 1. The predicted molar refractivity (Wildman–Crippen MR) is 113 cm³/mol. The number of aryl methyl sites for hydroxylation is 2. The number of aromatic nitrogens is 4. The van der Waals surface area contributed by atoms with Crippen LogP contribution in [0.1, 0.15) is 17.6 Å². The molecule has 7 nitrogen and oxygen atoms in total. The lowest BCUT2D eigenvalue weighted by Gasteiger charge is -2.34. The molecule has 1 saturated heterocycles. The Balaban J connectivity index is 1.37. The van der Waals surface area contributed by atoms with Crippen LogP contribution in [0.25, 0.3) is 10.2 Å². The smallest absolute Gasteiger partial charge is 0.233 e. The van der Waals surface area contributed by atoms with Gasteiger partial charge in [-0.05, 0) is 25.5 Å². The molecular formula is C19H22N6OS2. The predicted octanol–water partition coefficient (Wildman–Crippen LogP) is 2.79. The van der Waals surface area contributed by atoms with Crippen LogP contribution < -0.4 is 4.90 Å². The van der Waals surface area contributed by atoms with E-state index in [9.17, 15) is 4.79 Å². The topological polar surface area (TPSA) is 75.1 Å². The minimum Gasteiger partial charge on any atom is -0.338 e. The van der Waals surface area contributed by atoms with Crippen molar-refractivity contribution in [3.05, 3.63) is 35.2 Å². The number of rotatable bonds is 5. The molecule has 28 heavy (non-hydrogen) atoms. The van der Waals surface area contributed by atoms with Gasteiger partial charge in [-0.15, -0.1) is 11.3 Å². The van der Waals surface area contributed by atoms with Crippen LogP contribution in [-0.2, 0) is 11.2 Å². The molecule has 0 saturated carbocycles. The molecule has 3 aromatic rings. The van der Waals surface area contributed by atoms with Gasteiger partial charge in [0.15, 0.2) is 0 Å². The minimum absolute atomic E-state index is 0.147. The zero-order valence-electron chi connectivity index (χ0n) is 16.0. The van der Waals surface area contributed by atoms with Crippen molar-refractivity contribution in [3.63, 3.8) is 0 Å². The number of amides is 1. The van der Waals surface area contributed by atoms with E-state index in [1.165, 1.54) is 16.6 Å². The first-order valence-corrected chi connectivity index (χ1v) is 11.1. The fraction of sp³-hybridized carbons (Fsp3) is 0.421. The summed E-state index contributed by atoms with van der Waals surface area (Å²) in [4.78, 5) is 36.7. The van der Waals surface area contributed by atoms with E-state index in [0.29, 0.717) is 18.8 Å². The number of hydrogen-bond acceptors (Lipinski definition) is 8. The van der Waals surface area contributed by atoms with Crippen molar-refractivity contribution in [2.75, 3.05) is 36.8 Å². The van der Waals surface area contributed by atoms with Crippen LogP contribution in [0, 0.1) is 6.92 Å².